The zero-order chi connectivity index (χ0) is 11.1. The van der Waals surface area contributed by atoms with Crippen molar-refractivity contribution in [3.05, 3.63) is 0 Å². The fourth-order valence-electron chi connectivity index (χ4n) is 2.21. The minimum atomic E-state index is 0.673. The predicted octanol–water partition coefficient (Wildman–Crippen LogP) is 2.20. The maximum absolute atomic E-state index is 3.71. The summed E-state index contributed by atoms with van der Waals surface area (Å²) in [6.07, 6.45) is 2.76. The van der Waals surface area contributed by atoms with E-state index in [9.17, 15) is 0 Å². The highest BCUT2D eigenvalue weighted by molar-refractivity contribution is 7.99. The van der Waals surface area contributed by atoms with E-state index < -0.39 is 0 Å². The Morgan fingerprint density at radius 2 is 2.13 bits per heavy atom. The van der Waals surface area contributed by atoms with Gasteiger partial charge >= 0.3 is 0 Å². The highest BCUT2D eigenvalue weighted by Crippen LogP contribution is 2.16. The minimum absolute atomic E-state index is 0.673. The fraction of sp³-hybridized carbons (Fsp3) is 1.00. The number of rotatable bonds is 6. The molecule has 15 heavy (non-hydrogen) atoms. The third kappa shape index (κ3) is 4.75. The number of thioether (sulfide) groups is 1. The van der Waals surface area contributed by atoms with Crippen molar-refractivity contribution < 1.29 is 0 Å². The van der Waals surface area contributed by atoms with Crippen molar-refractivity contribution in [1.29, 1.82) is 0 Å². The molecule has 1 aliphatic rings. The lowest BCUT2D eigenvalue weighted by Gasteiger charge is -2.29. The SMILES string of the molecule is CCN(CC)C(C)CNC1CCCSC1. The summed E-state index contributed by atoms with van der Waals surface area (Å²) >= 11 is 2.10. The minimum Gasteiger partial charge on any atom is -0.312 e. The Morgan fingerprint density at radius 1 is 1.40 bits per heavy atom. The maximum Gasteiger partial charge on any atom is 0.0192 e. The van der Waals surface area contributed by atoms with E-state index in [2.05, 4.69) is 42.7 Å². The van der Waals surface area contributed by atoms with Gasteiger partial charge < -0.3 is 5.32 Å². The highest BCUT2D eigenvalue weighted by atomic mass is 32.2. The van der Waals surface area contributed by atoms with Gasteiger partial charge in [0.2, 0.25) is 0 Å². The Kier molecular flexibility index (Phi) is 6.69. The standard InChI is InChI=1S/C12H26N2S/c1-4-14(5-2)11(3)9-13-12-7-6-8-15-10-12/h11-13H,4-10H2,1-3H3. The molecule has 0 bridgehead atoms. The largest absolute Gasteiger partial charge is 0.312 e. The maximum atomic E-state index is 3.71. The molecular formula is C12H26N2S. The molecule has 1 aliphatic heterocycles. The molecule has 0 aromatic heterocycles. The van der Waals surface area contributed by atoms with Gasteiger partial charge in [0.25, 0.3) is 0 Å². The molecule has 3 heteroatoms. The van der Waals surface area contributed by atoms with Crippen LogP contribution in [0.5, 0.6) is 0 Å². The summed E-state index contributed by atoms with van der Waals surface area (Å²) in [6, 6.07) is 1.44. The number of nitrogens with zero attached hydrogens (tertiary/aromatic N) is 1. The van der Waals surface area contributed by atoms with Gasteiger partial charge in [0.05, 0.1) is 0 Å². The van der Waals surface area contributed by atoms with Crippen LogP contribution in [0.3, 0.4) is 0 Å². The monoisotopic (exact) mass is 230 g/mol. The molecule has 0 amide bonds. The van der Waals surface area contributed by atoms with Gasteiger partial charge in [0.1, 0.15) is 0 Å². The van der Waals surface area contributed by atoms with E-state index in [0.717, 1.165) is 12.6 Å². The second kappa shape index (κ2) is 7.53. The van der Waals surface area contributed by atoms with Gasteiger partial charge in [-0.25, -0.2) is 0 Å². The van der Waals surface area contributed by atoms with Gasteiger partial charge in [0, 0.05) is 24.4 Å². The zero-order valence-electron chi connectivity index (χ0n) is 10.5. The van der Waals surface area contributed by atoms with Crippen LogP contribution >= 0.6 is 11.8 Å². The van der Waals surface area contributed by atoms with E-state index >= 15 is 0 Å². The highest BCUT2D eigenvalue weighted by Gasteiger charge is 2.15. The molecule has 0 saturated carbocycles. The summed E-state index contributed by atoms with van der Waals surface area (Å²) in [6.45, 7) is 10.3. The first-order valence-electron chi connectivity index (χ1n) is 6.33. The van der Waals surface area contributed by atoms with Gasteiger partial charge in [-0.2, -0.15) is 11.8 Å². The van der Waals surface area contributed by atoms with Crippen LogP contribution in [-0.4, -0.2) is 48.1 Å². The normalized spacial score (nSPS) is 24.4. The van der Waals surface area contributed by atoms with Crippen molar-refractivity contribution >= 4 is 11.8 Å². The summed E-state index contributed by atoms with van der Waals surface area (Å²) in [4.78, 5) is 2.52. The molecule has 1 N–H and O–H groups in total. The van der Waals surface area contributed by atoms with Crippen LogP contribution in [0.2, 0.25) is 0 Å². The second-order valence-electron chi connectivity index (χ2n) is 4.39. The molecule has 0 aromatic rings. The van der Waals surface area contributed by atoms with E-state index in [1.165, 1.54) is 37.4 Å². The summed E-state index contributed by atoms with van der Waals surface area (Å²) < 4.78 is 0. The first-order chi connectivity index (χ1) is 7.27. The average Bonchev–Trinajstić information content (AvgIpc) is 2.29. The lowest BCUT2D eigenvalue weighted by atomic mass is 10.1. The van der Waals surface area contributed by atoms with Crippen LogP contribution in [0.15, 0.2) is 0 Å². The molecule has 0 radical (unpaired) electrons. The van der Waals surface area contributed by atoms with Crippen LogP contribution < -0.4 is 5.32 Å². The molecule has 1 fully saturated rings. The van der Waals surface area contributed by atoms with Crippen molar-refractivity contribution in [1.82, 2.24) is 10.2 Å². The van der Waals surface area contributed by atoms with Crippen LogP contribution in [0.4, 0.5) is 0 Å². The van der Waals surface area contributed by atoms with Crippen molar-refractivity contribution in [2.75, 3.05) is 31.1 Å². The Morgan fingerprint density at radius 3 is 2.67 bits per heavy atom. The average molecular weight is 230 g/mol. The summed E-state index contributed by atoms with van der Waals surface area (Å²) in [5.74, 6) is 2.68. The number of hydrogen-bond acceptors (Lipinski definition) is 3. The van der Waals surface area contributed by atoms with Gasteiger partial charge in [-0.3, -0.25) is 4.90 Å². The Hall–Kier alpha value is 0.270. The van der Waals surface area contributed by atoms with Gasteiger partial charge in [-0.05, 0) is 38.6 Å². The second-order valence-corrected chi connectivity index (χ2v) is 5.54. The molecule has 2 nitrogen and oxygen atoms in total. The molecule has 1 saturated heterocycles. The Balaban J connectivity index is 2.16. The number of hydrogen-bond donors (Lipinski definition) is 1. The third-order valence-corrected chi connectivity index (χ3v) is 4.51. The molecular weight excluding hydrogens is 204 g/mol. The van der Waals surface area contributed by atoms with E-state index in [4.69, 9.17) is 0 Å². The first kappa shape index (κ1) is 13.3. The van der Waals surface area contributed by atoms with Crippen molar-refractivity contribution in [3.63, 3.8) is 0 Å². The third-order valence-electron chi connectivity index (χ3n) is 3.30. The summed E-state index contributed by atoms with van der Waals surface area (Å²) in [5.41, 5.74) is 0. The lowest BCUT2D eigenvalue weighted by Crippen LogP contribution is -2.44. The fourth-order valence-corrected chi connectivity index (χ4v) is 3.32. The van der Waals surface area contributed by atoms with Crippen molar-refractivity contribution in [3.8, 4) is 0 Å². The molecule has 0 aromatic carbocycles. The van der Waals surface area contributed by atoms with E-state index in [-0.39, 0.29) is 0 Å². The summed E-state index contributed by atoms with van der Waals surface area (Å²) in [5, 5.41) is 3.71. The van der Waals surface area contributed by atoms with E-state index in [1.54, 1.807) is 0 Å². The zero-order valence-corrected chi connectivity index (χ0v) is 11.3. The van der Waals surface area contributed by atoms with E-state index in [1.807, 2.05) is 0 Å². The molecule has 1 heterocycles. The van der Waals surface area contributed by atoms with Gasteiger partial charge in [0.15, 0.2) is 0 Å². The predicted molar refractivity (Wildman–Crippen MR) is 70.7 cm³/mol. The Labute approximate surface area is 99.2 Å². The van der Waals surface area contributed by atoms with Gasteiger partial charge in [-0.15, -0.1) is 0 Å². The van der Waals surface area contributed by atoms with E-state index in [0.29, 0.717) is 6.04 Å². The van der Waals surface area contributed by atoms with Crippen molar-refractivity contribution in [2.45, 2.75) is 45.7 Å². The molecule has 1 rings (SSSR count). The first-order valence-corrected chi connectivity index (χ1v) is 7.48. The number of nitrogens with one attached hydrogen (secondary N) is 1. The van der Waals surface area contributed by atoms with Crippen LogP contribution in [0.25, 0.3) is 0 Å². The summed E-state index contributed by atoms with van der Waals surface area (Å²) in [7, 11) is 0. The molecule has 2 unspecified atom stereocenters. The molecule has 90 valence electrons. The number of likely N-dealkylation sites (N-methyl/N-ethyl adjacent to an activating group) is 1. The molecule has 0 aliphatic carbocycles. The van der Waals surface area contributed by atoms with Crippen molar-refractivity contribution in [2.24, 2.45) is 0 Å². The van der Waals surface area contributed by atoms with Crippen LogP contribution in [-0.2, 0) is 0 Å². The smallest absolute Gasteiger partial charge is 0.0192 e. The van der Waals surface area contributed by atoms with Gasteiger partial charge in [-0.1, -0.05) is 13.8 Å². The van der Waals surface area contributed by atoms with Crippen LogP contribution in [0, 0.1) is 0 Å². The Bertz CT molecular complexity index is 154. The molecule has 0 spiro atoms. The van der Waals surface area contributed by atoms with Crippen LogP contribution in [0.1, 0.15) is 33.6 Å². The lowest BCUT2D eigenvalue weighted by molar-refractivity contribution is 0.221. The quantitative estimate of drug-likeness (QED) is 0.753. The molecule has 2 atom stereocenters. The topological polar surface area (TPSA) is 15.3 Å².